The van der Waals surface area contributed by atoms with E-state index in [0.29, 0.717) is 12.0 Å². The van der Waals surface area contributed by atoms with Gasteiger partial charge >= 0.3 is 0 Å². The monoisotopic (exact) mass is 269 g/mol. The summed E-state index contributed by atoms with van der Waals surface area (Å²) >= 11 is 0. The van der Waals surface area contributed by atoms with E-state index < -0.39 is 0 Å². The Morgan fingerprint density at radius 2 is 1.90 bits per heavy atom. The average Bonchev–Trinajstić information content (AvgIpc) is 3.18. The van der Waals surface area contributed by atoms with Crippen molar-refractivity contribution in [3.8, 4) is 0 Å². The fraction of sp³-hybridized carbons (Fsp3) is 0.579. The molecule has 2 aliphatic carbocycles. The largest absolute Gasteiger partial charge is 0.296 e. The summed E-state index contributed by atoms with van der Waals surface area (Å²) in [4.78, 5) is 2.74. The number of piperidine rings is 1. The molecule has 1 nitrogen and oxygen atoms in total. The van der Waals surface area contributed by atoms with Crippen LogP contribution in [0.15, 0.2) is 48.1 Å². The Labute approximate surface area is 123 Å². The number of likely N-dealkylation sites (tertiary alicyclic amines) is 1. The van der Waals surface area contributed by atoms with Crippen molar-refractivity contribution in [2.45, 2.75) is 45.1 Å². The summed E-state index contributed by atoms with van der Waals surface area (Å²) in [5.41, 5.74) is 1.57. The molecule has 0 aromatic heterocycles. The highest BCUT2D eigenvalue weighted by Crippen LogP contribution is 2.31. The molecule has 0 bridgehead atoms. The van der Waals surface area contributed by atoms with Crippen LogP contribution in [0.4, 0.5) is 0 Å². The highest BCUT2D eigenvalue weighted by atomic mass is 15.2. The van der Waals surface area contributed by atoms with Crippen LogP contribution in [0.5, 0.6) is 0 Å². The van der Waals surface area contributed by atoms with Crippen LogP contribution in [0.1, 0.15) is 39.0 Å². The smallest absolute Gasteiger partial charge is 0.0347 e. The standard InChI is InChI=1S/C19H27N/c1-16(17-9-3-4-10-17)15-19(18-11-5-6-12-18)20-13-7-2-8-14-20/h3-5,9-12,16-17,19H,2,6-8,13-15H2,1H3. The molecule has 0 N–H and O–H groups in total. The molecule has 2 atom stereocenters. The summed E-state index contributed by atoms with van der Waals surface area (Å²) in [6.45, 7) is 5.00. The van der Waals surface area contributed by atoms with E-state index in [9.17, 15) is 0 Å². The second kappa shape index (κ2) is 6.58. The molecule has 0 spiro atoms. The molecule has 1 heteroatoms. The Kier molecular flexibility index (Phi) is 4.57. The summed E-state index contributed by atoms with van der Waals surface area (Å²) in [5, 5.41) is 0. The molecule has 0 saturated carbocycles. The first kappa shape index (κ1) is 13.9. The Morgan fingerprint density at radius 3 is 2.55 bits per heavy atom. The number of hydrogen-bond acceptors (Lipinski definition) is 1. The predicted molar refractivity (Wildman–Crippen MR) is 86.6 cm³/mol. The van der Waals surface area contributed by atoms with Crippen molar-refractivity contribution in [3.05, 3.63) is 48.1 Å². The Bertz CT molecular complexity index is 423. The minimum absolute atomic E-state index is 0.645. The van der Waals surface area contributed by atoms with Crippen molar-refractivity contribution < 1.29 is 0 Å². The van der Waals surface area contributed by atoms with Gasteiger partial charge in [0.05, 0.1) is 0 Å². The molecule has 0 radical (unpaired) electrons. The molecule has 0 aromatic carbocycles. The van der Waals surface area contributed by atoms with Gasteiger partial charge in [-0.25, -0.2) is 0 Å². The van der Waals surface area contributed by atoms with Crippen molar-refractivity contribution in [1.29, 1.82) is 0 Å². The van der Waals surface area contributed by atoms with Gasteiger partial charge in [-0.2, -0.15) is 0 Å². The zero-order chi connectivity index (χ0) is 13.8. The van der Waals surface area contributed by atoms with E-state index in [1.165, 1.54) is 38.8 Å². The van der Waals surface area contributed by atoms with Crippen LogP contribution >= 0.6 is 0 Å². The summed E-state index contributed by atoms with van der Waals surface area (Å²) in [5.74, 6) is 1.38. The Morgan fingerprint density at radius 1 is 1.15 bits per heavy atom. The molecule has 1 saturated heterocycles. The minimum Gasteiger partial charge on any atom is -0.296 e. The van der Waals surface area contributed by atoms with Gasteiger partial charge in [0.2, 0.25) is 0 Å². The van der Waals surface area contributed by atoms with E-state index in [1.807, 2.05) is 0 Å². The van der Waals surface area contributed by atoms with Crippen LogP contribution in [0, 0.1) is 11.8 Å². The quantitative estimate of drug-likeness (QED) is 0.710. The molecular formula is C19H27N. The van der Waals surface area contributed by atoms with Gasteiger partial charge in [-0.3, -0.25) is 4.90 Å². The summed E-state index contributed by atoms with van der Waals surface area (Å²) in [6.07, 6.45) is 22.8. The predicted octanol–water partition coefficient (Wildman–Crippen LogP) is 4.50. The topological polar surface area (TPSA) is 3.24 Å². The lowest BCUT2D eigenvalue weighted by Gasteiger charge is -2.37. The molecule has 1 heterocycles. The lowest BCUT2D eigenvalue weighted by molar-refractivity contribution is 0.162. The van der Waals surface area contributed by atoms with Gasteiger partial charge in [0.15, 0.2) is 0 Å². The van der Waals surface area contributed by atoms with Crippen molar-refractivity contribution in [2.75, 3.05) is 13.1 Å². The van der Waals surface area contributed by atoms with E-state index in [4.69, 9.17) is 0 Å². The Hall–Kier alpha value is -1.08. The van der Waals surface area contributed by atoms with Crippen molar-refractivity contribution in [2.24, 2.45) is 11.8 Å². The molecule has 0 aromatic rings. The Balaban J connectivity index is 1.69. The van der Waals surface area contributed by atoms with E-state index in [-0.39, 0.29) is 0 Å². The fourth-order valence-corrected chi connectivity index (χ4v) is 3.79. The molecule has 20 heavy (non-hydrogen) atoms. The van der Waals surface area contributed by atoms with E-state index in [2.05, 4.69) is 54.4 Å². The van der Waals surface area contributed by atoms with Crippen LogP contribution in [0.25, 0.3) is 0 Å². The highest BCUT2D eigenvalue weighted by Gasteiger charge is 2.27. The first-order valence-electron chi connectivity index (χ1n) is 8.30. The molecule has 3 rings (SSSR count). The molecule has 1 aliphatic heterocycles. The van der Waals surface area contributed by atoms with Crippen LogP contribution in [0.3, 0.4) is 0 Å². The minimum atomic E-state index is 0.645. The van der Waals surface area contributed by atoms with Crippen molar-refractivity contribution in [1.82, 2.24) is 4.90 Å². The maximum atomic E-state index is 2.74. The average molecular weight is 269 g/mol. The third kappa shape index (κ3) is 3.15. The number of nitrogens with zero attached hydrogens (tertiary/aromatic N) is 1. The molecule has 0 amide bonds. The van der Waals surface area contributed by atoms with Gasteiger partial charge < -0.3 is 0 Å². The SMILES string of the molecule is CC(CC(C1=CCC=C1)N1CCCCC1)C1C=CC=C1. The molecular weight excluding hydrogens is 242 g/mol. The normalized spacial score (nSPS) is 26.1. The number of allylic oxidation sites excluding steroid dienone is 6. The van der Waals surface area contributed by atoms with Gasteiger partial charge in [0, 0.05) is 6.04 Å². The van der Waals surface area contributed by atoms with Crippen LogP contribution in [-0.2, 0) is 0 Å². The van der Waals surface area contributed by atoms with Crippen LogP contribution < -0.4 is 0 Å². The van der Waals surface area contributed by atoms with Crippen LogP contribution in [0.2, 0.25) is 0 Å². The summed E-state index contributed by atoms with van der Waals surface area (Å²) in [6, 6.07) is 0.645. The highest BCUT2D eigenvalue weighted by molar-refractivity contribution is 5.31. The van der Waals surface area contributed by atoms with Gasteiger partial charge in [0.25, 0.3) is 0 Å². The van der Waals surface area contributed by atoms with Crippen molar-refractivity contribution in [3.63, 3.8) is 0 Å². The summed E-state index contributed by atoms with van der Waals surface area (Å²) < 4.78 is 0. The first-order valence-corrected chi connectivity index (χ1v) is 8.30. The third-order valence-corrected chi connectivity index (χ3v) is 5.05. The van der Waals surface area contributed by atoms with Gasteiger partial charge in [0.1, 0.15) is 0 Å². The maximum absolute atomic E-state index is 2.74. The number of rotatable bonds is 5. The lowest BCUT2D eigenvalue weighted by atomic mass is 9.86. The second-order valence-corrected chi connectivity index (χ2v) is 6.51. The zero-order valence-electron chi connectivity index (χ0n) is 12.7. The molecule has 2 unspecified atom stereocenters. The zero-order valence-corrected chi connectivity index (χ0v) is 12.7. The van der Waals surface area contributed by atoms with E-state index in [1.54, 1.807) is 5.57 Å². The first-order chi connectivity index (χ1) is 9.84. The second-order valence-electron chi connectivity index (χ2n) is 6.51. The number of hydrogen-bond donors (Lipinski definition) is 0. The van der Waals surface area contributed by atoms with Crippen molar-refractivity contribution >= 4 is 0 Å². The van der Waals surface area contributed by atoms with Gasteiger partial charge in [-0.15, -0.1) is 0 Å². The van der Waals surface area contributed by atoms with E-state index in [0.717, 1.165) is 12.3 Å². The fourth-order valence-electron chi connectivity index (χ4n) is 3.79. The lowest BCUT2D eigenvalue weighted by Crippen LogP contribution is -2.41. The van der Waals surface area contributed by atoms with Gasteiger partial charge in [-0.1, -0.05) is 55.9 Å². The third-order valence-electron chi connectivity index (χ3n) is 5.05. The molecule has 1 fully saturated rings. The molecule has 108 valence electrons. The van der Waals surface area contributed by atoms with Gasteiger partial charge in [-0.05, 0) is 56.2 Å². The maximum Gasteiger partial charge on any atom is 0.0347 e. The summed E-state index contributed by atoms with van der Waals surface area (Å²) in [7, 11) is 0. The molecule has 3 aliphatic rings. The van der Waals surface area contributed by atoms with Crippen LogP contribution in [-0.4, -0.2) is 24.0 Å². The van der Waals surface area contributed by atoms with E-state index >= 15 is 0 Å².